The van der Waals surface area contributed by atoms with E-state index >= 15 is 0 Å². The van der Waals surface area contributed by atoms with Gasteiger partial charge >= 0.3 is 0 Å². The molecule has 1 unspecified atom stereocenters. The van der Waals surface area contributed by atoms with Crippen molar-refractivity contribution < 1.29 is 8.42 Å². The van der Waals surface area contributed by atoms with Crippen molar-refractivity contribution in [1.82, 2.24) is 14.5 Å². The molecule has 1 N–H and O–H groups in total. The molecule has 1 rings (SSSR count). The Bertz CT molecular complexity index is 346. The normalized spacial score (nSPS) is 22.0. The molecule has 0 spiro atoms. The van der Waals surface area contributed by atoms with Crippen LogP contribution in [0.2, 0.25) is 0 Å². The first-order chi connectivity index (χ1) is 8.97. The van der Waals surface area contributed by atoms with Gasteiger partial charge in [0.15, 0.2) is 0 Å². The minimum absolute atomic E-state index is 0.146. The number of likely N-dealkylation sites (tertiary alicyclic amines) is 1. The van der Waals surface area contributed by atoms with Crippen LogP contribution in [-0.4, -0.2) is 69.7 Å². The highest BCUT2D eigenvalue weighted by Crippen LogP contribution is 2.16. The van der Waals surface area contributed by atoms with E-state index < -0.39 is 10.0 Å². The van der Waals surface area contributed by atoms with Crippen LogP contribution < -0.4 is 5.32 Å². The zero-order chi connectivity index (χ0) is 14.3. The van der Waals surface area contributed by atoms with Crippen LogP contribution in [0.4, 0.5) is 0 Å². The topological polar surface area (TPSA) is 52.7 Å². The molecule has 1 fully saturated rings. The standard InChI is InChI=1S/C13H29N3O2S/c1-4-8-14-9-6-11-19(17,18)16(3)13-7-5-10-15(2)12-13/h13-14H,4-12H2,1-3H3. The molecule has 5 nitrogen and oxygen atoms in total. The van der Waals surface area contributed by atoms with Crippen LogP contribution in [0.3, 0.4) is 0 Å². The first kappa shape index (κ1) is 16.9. The van der Waals surface area contributed by atoms with E-state index in [4.69, 9.17) is 0 Å². The van der Waals surface area contributed by atoms with Gasteiger partial charge in [-0.05, 0) is 52.4 Å². The third-order valence-electron chi connectivity index (χ3n) is 3.74. The predicted octanol–water partition coefficient (Wildman–Crippen LogP) is 0.732. The van der Waals surface area contributed by atoms with Crippen LogP contribution in [0.25, 0.3) is 0 Å². The third kappa shape index (κ3) is 5.77. The Morgan fingerprint density at radius 1 is 1.37 bits per heavy atom. The lowest BCUT2D eigenvalue weighted by atomic mass is 10.1. The van der Waals surface area contributed by atoms with E-state index in [0.717, 1.165) is 45.4 Å². The predicted molar refractivity (Wildman–Crippen MR) is 79.8 cm³/mol. The fourth-order valence-electron chi connectivity index (χ4n) is 2.49. The van der Waals surface area contributed by atoms with Crippen LogP contribution in [-0.2, 0) is 10.0 Å². The second-order valence-corrected chi connectivity index (χ2v) is 7.64. The van der Waals surface area contributed by atoms with Crippen molar-refractivity contribution in [3.8, 4) is 0 Å². The number of nitrogens with zero attached hydrogens (tertiary/aromatic N) is 2. The summed E-state index contributed by atoms with van der Waals surface area (Å²) in [7, 11) is 0.688. The maximum Gasteiger partial charge on any atom is 0.214 e. The molecular formula is C13H29N3O2S. The molecule has 0 aliphatic carbocycles. The highest BCUT2D eigenvalue weighted by molar-refractivity contribution is 7.89. The molecular weight excluding hydrogens is 262 g/mol. The van der Waals surface area contributed by atoms with Gasteiger partial charge in [0, 0.05) is 19.6 Å². The Hall–Kier alpha value is -0.170. The Morgan fingerprint density at radius 2 is 2.11 bits per heavy atom. The summed E-state index contributed by atoms with van der Waals surface area (Å²) in [6.45, 7) is 5.78. The number of nitrogens with one attached hydrogen (secondary N) is 1. The van der Waals surface area contributed by atoms with Crippen molar-refractivity contribution in [2.45, 2.75) is 38.6 Å². The molecule has 114 valence electrons. The van der Waals surface area contributed by atoms with Crippen molar-refractivity contribution in [1.29, 1.82) is 0 Å². The van der Waals surface area contributed by atoms with Gasteiger partial charge in [-0.15, -0.1) is 0 Å². The lowest BCUT2D eigenvalue weighted by Crippen LogP contribution is -2.47. The van der Waals surface area contributed by atoms with E-state index in [1.807, 2.05) is 0 Å². The van der Waals surface area contributed by atoms with Crippen LogP contribution >= 0.6 is 0 Å². The number of likely N-dealkylation sites (N-methyl/N-ethyl adjacent to an activating group) is 2. The summed E-state index contributed by atoms with van der Waals surface area (Å²) in [5.41, 5.74) is 0. The first-order valence-electron chi connectivity index (χ1n) is 7.32. The second-order valence-electron chi connectivity index (χ2n) is 5.49. The molecule has 0 aromatic heterocycles. The van der Waals surface area contributed by atoms with E-state index in [2.05, 4.69) is 24.2 Å². The van der Waals surface area contributed by atoms with E-state index in [9.17, 15) is 8.42 Å². The van der Waals surface area contributed by atoms with Crippen LogP contribution in [0, 0.1) is 0 Å². The van der Waals surface area contributed by atoms with Crippen LogP contribution in [0.5, 0.6) is 0 Å². The summed E-state index contributed by atoms with van der Waals surface area (Å²) in [6.07, 6.45) is 3.84. The summed E-state index contributed by atoms with van der Waals surface area (Å²) in [4.78, 5) is 2.21. The van der Waals surface area contributed by atoms with Crippen LogP contribution in [0.1, 0.15) is 32.6 Å². The zero-order valence-corrected chi connectivity index (χ0v) is 13.4. The Kier molecular flexibility index (Phi) is 7.28. The number of hydrogen-bond donors (Lipinski definition) is 1. The molecule has 6 heteroatoms. The smallest absolute Gasteiger partial charge is 0.214 e. The summed E-state index contributed by atoms with van der Waals surface area (Å²) in [6, 6.07) is 0.146. The minimum Gasteiger partial charge on any atom is -0.317 e. The number of hydrogen-bond acceptors (Lipinski definition) is 4. The van der Waals surface area contributed by atoms with Gasteiger partial charge in [0.25, 0.3) is 0 Å². The lowest BCUT2D eigenvalue weighted by molar-refractivity contribution is 0.187. The molecule has 1 aliphatic rings. The minimum atomic E-state index is -3.10. The maximum atomic E-state index is 12.2. The van der Waals surface area contributed by atoms with E-state index in [-0.39, 0.29) is 11.8 Å². The van der Waals surface area contributed by atoms with Gasteiger partial charge in [-0.1, -0.05) is 6.92 Å². The Labute approximate surface area is 118 Å². The van der Waals surface area contributed by atoms with Crippen molar-refractivity contribution >= 4 is 10.0 Å². The molecule has 1 heterocycles. The highest BCUT2D eigenvalue weighted by atomic mass is 32.2. The molecule has 1 atom stereocenters. The van der Waals surface area contributed by atoms with Crippen molar-refractivity contribution in [2.24, 2.45) is 0 Å². The molecule has 0 aromatic rings. The van der Waals surface area contributed by atoms with Gasteiger partial charge in [-0.2, -0.15) is 0 Å². The van der Waals surface area contributed by atoms with Gasteiger partial charge in [0.2, 0.25) is 10.0 Å². The monoisotopic (exact) mass is 291 g/mol. The fraction of sp³-hybridized carbons (Fsp3) is 1.00. The molecule has 0 bridgehead atoms. The van der Waals surface area contributed by atoms with Gasteiger partial charge < -0.3 is 10.2 Å². The Morgan fingerprint density at radius 3 is 2.74 bits per heavy atom. The van der Waals surface area contributed by atoms with E-state index in [1.165, 1.54) is 0 Å². The first-order valence-corrected chi connectivity index (χ1v) is 8.93. The van der Waals surface area contributed by atoms with Gasteiger partial charge in [-0.25, -0.2) is 12.7 Å². The fourth-order valence-corrected chi connectivity index (χ4v) is 3.91. The molecule has 1 aliphatic heterocycles. The summed E-state index contributed by atoms with van der Waals surface area (Å²) < 4.78 is 26.1. The van der Waals surface area contributed by atoms with Gasteiger partial charge in [0.05, 0.1) is 5.75 Å². The average molecular weight is 291 g/mol. The maximum absolute atomic E-state index is 12.2. The summed E-state index contributed by atoms with van der Waals surface area (Å²) in [5, 5.41) is 3.24. The van der Waals surface area contributed by atoms with Crippen molar-refractivity contribution in [3.05, 3.63) is 0 Å². The largest absolute Gasteiger partial charge is 0.317 e. The molecule has 1 saturated heterocycles. The second kappa shape index (κ2) is 8.19. The number of piperidine rings is 1. The number of sulfonamides is 1. The summed E-state index contributed by atoms with van der Waals surface area (Å²) in [5.74, 6) is 0.250. The third-order valence-corrected chi connectivity index (χ3v) is 5.72. The molecule has 0 aromatic carbocycles. The van der Waals surface area contributed by atoms with Gasteiger partial charge in [0.1, 0.15) is 0 Å². The highest BCUT2D eigenvalue weighted by Gasteiger charge is 2.28. The molecule has 19 heavy (non-hydrogen) atoms. The number of rotatable bonds is 8. The molecule has 0 radical (unpaired) electrons. The molecule has 0 saturated carbocycles. The summed E-state index contributed by atoms with van der Waals surface area (Å²) >= 11 is 0. The average Bonchev–Trinajstić information content (AvgIpc) is 2.37. The van der Waals surface area contributed by atoms with Crippen LogP contribution in [0.15, 0.2) is 0 Å². The van der Waals surface area contributed by atoms with Crippen molar-refractivity contribution in [2.75, 3.05) is 46.0 Å². The van der Waals surface area contributed by atoms with E-state index in [0.29, 0.717) is 6.42 Å². The zero-order valence-electron chi connectivity index (χ0n) is 12.6. The quantitative estimate of drug-likeness (QED) is 0.670. The SMILES string of the molecule is CCCNCCCS(=O)(=O)N(C)C1CCCN(C)C1. The lowest BCUT2D eigenvalue weighted by Gasteiger charge is -2.35. The van der Waals surface area contributed by atoms with E-state index in [1.54, 1.807) is 11.4 Å². The molecule has 0 amide bonds. The Balaban J connectivity index is 2.38. The van der Waals surface area contributed by atoms with Crippen molar-refractivity contribution in [3.63, 3.8) is 0 Å². The van der Waals surface area contributed by atoms with Gasteiger partial charge in [-0.3, -0.25) is 0 Å².